The summed E-state index contributed by atoms with van der Waals surface area (Å²) in [6.45, 7) is 14.4. The quantitative estimate of drug-likeness (QED) is 0.233. The Balaban J connectivity index is 3.42. The maximum Gasteiger partial charge on any atom is 0.306 e. The second-order valence-corrected chi connectivity index (χ2v) is 9.83. The van der Waals surface area contributed by atoms with Gasteiger partial charge in [0, 0.05) is 24.7 Å². The fourth-order valence-electron chi connectivity index (χ4n) is 3.62. The Hall–Kier alpha value is -2.42. The Kier molecular flexibility index (Phi) is 13.0. The normalized spacial score (nSPS) is 24.2. The van der Waals surface area contributed by atoms with Gasteiger partial charge in [0.1, 0.15) is 12.7 Å². The molecule has 0 saturated carbocycles. The molecule has 0 aromatic carbocycles. The van der Waals surface area contributed by atoms with E-state index in [0.717, 1.165) is 0 Å². The zero-order chi connectivity index (χ0) is 26.6. The number of amides is 1. The van der Waals surface area contributed by atoms with Crippen LogP contribution in [0, 0.1) is 5.41 Å². The SMILES string of the molecule is C=CCC1OC(COC(=O)CCC)[C@H](OC(=O)CCC)C(OC(=O)CCC)C1NC(=O)C(C)(C)C. The molecule has 0 radical (unpaired) electrons. The fraction of sp³-hybridized carbons (Fsp3) is 0.769. The van der Waals surface area contributed by atoms with Gasteiger partial charge in [-0.3, -0.25) is 19.2 Å². The average Bonchev–Trinajstić information content (AvgIpc) is 2.76. The molecule has 1 heterocycles. The standard InChI is InChI=1S/C26H43NO8/c1-8-12-17-22(27-25(31)26(5,6)7)24(35-21(30)15-11-4)23(34-20(29)14-10-3)18(33-17)16-32-19(28)13-9-2/h8,17-18,22-24H,1,9-16H2,2-7H3,(H,27,31)/t17?,18?,22?,23-,24?/m0/s1. The highest BCUT2D eigenvalue weighted by molar-refractivity contribution is 5.82. The van der Waals surface area contributed by atoms with Crippen molar-refractivity contribution in [2.24, 2.45) is 5.41 Å². The Morgan fingerprint density at radius 3 is 1.86 bits per heavy atom. The first kappa shape index (κ1) is 30.6. The van der Waals surface area contributed by atoms with E-state index in [1.165, 1.54) is 0 Å². The van der Waals surface area contributed by atoms with Crippen LogP contribution in [0.4, 0.5) is 0 Å². The number of carbonyl (C=O) groups excluding carboxylic acids is 4. The van der Waals surface area contributed by atoms with Crippen LogP contribution >= 0.6 is 0 Å². The van der Waals surface area contributed by atoms with Gasteiger partial charge in [0.05, 0.1) is 12.1 Å². The van der Waals surface area contributed by atoms with Gasteiger partial charge in [-0.15, -0.1) is 6.58 Å². The molecule has 1 rings (SSSR count). The summed E-state index contributed by atoms with van der Waals surface area (Å²) in [7, 11) is 0. The van der Waals surface area contributed by atoms with Gasteiger partial charge in [0.2, 0.25) is 5.91 Å². The minimum absolute atomic E-state index is 0.156. The first-order valence-electron chi connectivity index (χ1n) is 12.6. The van der Waals surface area contributed by atoms with Gasteiger partial charge in [0.15, 0.2) is 12.2 Å². The molecule has 1 aliphatic rings. The van der Waals surface area contributed by atoms with Gasteiger partial charge >= 0.3 is 17.9 Å². The van der Waals surface area contributed by atoms with Crippen molar-refractivity contribution in [1.82, 2.24) is 5.32 Å². The molecule has 35 heavy (non-hydrogen) atoms. The van der Waals surface area contributed by atoms with Crippen LogP contribution in [0.25, 0.3) is 0 Å². The van der Waals surface area contributed by atoms with Gasteiger partial charge in [-0.05, 0) is 25.7 Å². The number of esters is 3. The molecule has 1 N–H and O–H groups in total. The van der Waals surface area contributed by atoms with Crippen molar-refractivity contribution < 1.29 is 38.1 Å². The van der Waals surface area contributed by atoms with Crippen molar-refractivity contribution in [1.29, 1.82) is 0 Å². The van der Waals surface area contributed by atoms with E-state index in [0.29, 0.717) is 25.7 Å². The molecule has 1 saturated heterocycles. The summed E-state index contributed by atoms with van der Waals surface area (Å²) in [5.41, 5.74) is -0.725. The van der Waals surface area contributed by atoms with Crippen LogP contribution in [0.3, 0.4) is 0 Å². The van der Waals surface area contributed by atoms with E-state index in [2.05, 4.69) is 11.9 Å². The molecule has 4 unspecified atom stereocenters. The fourth-order valence-corrected chi connectivity index (χ4v) is 3.62. The number of ether oxygens (including phenoxy) is 4. The van der Waals surface area contributed by atoms with Crippen LogP contribution in [0.2, 0.25) is 0 Å². The largest absolute Gasteiger partial charge is 0.463 e. The Morgan fingerprint density at radius 2 is 1.37 bits per heavy atom. The highest BCUT2D eigenvalue weighted by Crippen LogP contribution is 2.30. The summed E-state index contributed by atoms with van der Waals surface area (Å²) in [6.07, 6.45) is 0.629. The van der Waals surface area contributed by atoms with E-state index in [9.17, 15) is 19.2 Å². The number of carbonyl (C=O) groups is 4. The number of nitrogens with one attached hydrogen (secondary N) is 1. The van der Waals surface area contributed by atoms with Gasteiger partial charge in [-0.25, -0.2) is 0 Å². The predicted molar refractivity (Wildman–Crippen MR) is 130 cm³/mol. The third kappa shape index (κ3) is 9.99. The van der Waals surface area contributed by atoms with Crippen molar-refractivity contribution in [3.63, 3.8) is 0 Å². The first-order chi connectivity index (χ1) is 16.5. The molecule has 0 aromatic heterocycles. The zero-order valence-electron chi connectivity index (χ0n) is 22.1. The second kappa shape index (κ2) is 14.9. The van der Waals surface area contributed by atoms with Gasteiger partial charge in [-0.1, -0.05) is 47.6 Å². The summed E-state index contributed by atoms with van der Waals surface area (Å²) in [6, 6.07) is -0.803. The van der Waals surface area contributed by atoms with E-state index < -0.39 is 53.8 Å². The van der Waals surface area contributed by atoms with Crippen molar-refractivity contribution in [2.45, 2.75) is 117 Å². The van der Waals surface area contributed by atoms with Gasteiger partial charge < -0.3 is 24.3 Å². The molecule has 9 heteroatoms. The molecule has 200 valence electrons. The van der Waals surface area contributed by atoms with Crippen molar-refractivity contribution in [3.05, 3.63) is 12.7 Å². The molecule has 1 fully saturated rings. The van der Waals surface area contributed by atoms with Gasteiger partial charge in [-0.2, -0.15) is 0 Å². The van der Waals surface area contributed by atoms with Crippen LogP contribution < -0.4 is 5.32 Å². The van der Waals surface area contributed by atoms with E-state index >= 15 is 0 Å². The maximum atomic E-state index is 12.9. The topological polar surface area (TPSA) is 117 Å². The van der Waals surface area contributed by atoms with Gasteiger partial charge in [0.25, 0.3) is 0 Å². The third-order valence-corrected chi connectivity index (χ3v) is 5.48. The maximum absolute atomic E-state index is 12.9. The van der Waals surface area contributed by atoms with E-state index in [4.69, 9.17) is 18.9 Å². The van der Waals surface area contributed by atoms with Crippen LogP contribution in [0.15, 0.2) is 12.7 Å². The minimum Gasteiger partial charge on any atom is -0.463 e. The number of hydrogen-bond acceptors (Lipinski definition) is 8. The lowest BCUT2D eigenvalue weighted by atomic mass is 9.88. The molecule has 1 amide bonds. The lowest BCUT2D eigenvalue weighted by Gasteiger charge is -2.46. The molecule has 9 nitrogen and oxygen atoms in total. The average molecular weight is 498 g/mol. The summed E-state index contributed by atoms with van der Waals surface area (Å²) < 4.78 is 23.2. The lowest BCUT2D eigenvalue weighted by Crippen LogP contribution is -2.67. The Morgan fingerprint density at radius 1 is 0.857 bits per heavy atom. The third-order valence-electron chi connectivity index (χ3n) is 5.48. The lowest BCUT2D eigenvalue weighted by molar-refractivity contribution is -0.225. The molecule has 0 spiro atoms. The molecule has 0 aliphatic carbocycles. The van der Waals surface area contributed by atoms with Crippen molar-refractivity contribution in [3.8, 4) is 0 Å². The second-order valence-electron chi connectivity index (χ2n) is 9.83. The van der Waals surface area contributed by atoms with Crippen molar-refractivity contribution in [2.75, 3.05) is 6.61 Å². The molecule has 0 aromatic rings. The Bertz CT molecular complexity index is 729. The first-order valence-corrected chi connectivity index (χ1v) is 12.6. The highest BCUT2D eigenvalue weighted by Gasteiger charge is 2.51. The predicted octanol–water partition coefficient (Wildman–Crippen LogP) is 3.63. The highest BCUT2D eigenvalue weighted by atomic mass is 16.6. The monoisotopic (exact) mass is 497 g/mol. The number of hydrogen-bond donors (Lipinski definition) is 1. The van der Waals surface area contributed by atoms with Crippen LogP contribution in [-0.4, -0.2) is 60.9 Å². The Labute approximate surface area is 209 Å². The molecule has 5 atom stereocenters. The van der Waals surface area contributed by atoms with Crippen LogP contribution in [0.5, 0.6) is 0 Å². The summed E-state index contributed by atoms with van der Waals surface area (Å²) >= 11 is 0. The minimum atomic E-state index is -1.07. The molecular formula is C26H43NO8. The molecule has 0 bridgehead atoms. The summed E-state index contributed by atoms with van der Waals surface area (Å²) in [5, 5.41) is 2.94. The zero-order valence-corrected chi connectivity index (χ0v) is 22.1. The number of rotatable bonds is 13. The van der Waals surface area contributed by atoms with Crippen LogP contribution in [-0.2, 0) is 38.1 Å². The van der Waals surface area contributed by atoms with Crippen LogP contribution in [0.1, 0.15) is 86.5 Å². The van der Waals surface area contributed by atoms with E-state index in [1.807, 2.05) is 20.8 Å². The van der Waals surface area contributed by atoms with E-state index in [-0.39, 0.29) is 31.8 Å². The van der Waals surface area contributed by atoms with E-state index in [1.54, 1.807) is 26.8 Å². The summed E-state index contributed by atoms with van der Waals surface area (Å²) in [4.78, 5) is 50.1. The molecule has 1 aliphatic heterocycles. The smallest absolute Gasteiger partial charge is 0.306 e. The van der Waals surface area contributed by atoms with Crippen molar-refractivity contribution >= 4 is 23.8 Å². The summed E-state index contributed by atoms with van der Waals surface area (Å²) in [5.74, 6) is -1.66. The molecular weight excluding hydrogens is 454 g/mol.